The van der Waals surface area contributed by atoms with Crippen LogP contribution in [-0.4, -0.2) is 25.5 Å². The Morgan fingerprint density at radius 2 is 1.94 bits per heavy atom. The van der Waals surface area contributed by atoms with Crippen LogP contribution in [0.3, 0.4) is 0 Å². The van der Waals surface area contributed by atoms with Crippen molar-refractivity contribution in [3.63, 3.8) is 0 Å². The van der Waals surface area contributed by atoms with E-state index in [0.717, 1.165) is 30.2 Å². The Morgan fingerprint density at radius 1 is 1.31 bits per heavy atom. The van der Waals surface area contributed by atoms with Crippen LogP contribution in [0.2, 0.25) is 0 Å². The van der Waals surface area contributed by atoms with Crippen LogP contribution < -0.4 is 10.6 Å². The van der Waals surface area contributed by atoms with Gasteiger partial charge in [-0.15, -0.1) is 0 Å². The number of hydrogen-bond donors (Lipinski definition) is 2. The molecule has 5 atom stereocenters. The maximum Gasteiger partial charge on any atom is 0.224 e. The lowest BCUT2D eigenvalue weighted by Gasteiger charge is -2.14. The quantitative estimate of drug-likeness (QED) is 0.745. The third-order valence-corrected chi connectivity index (χ3v) is 5.00. The molecule has 2 N–H and O–H groups in total. The summed E-state index contributed by atoms with van der Waals surface area (Å²) < 4.78 is 0. The van der Waals surface area contributed by atoms with Gasteiger partial charge in [0.2, 0.25) is 5.91 Å². The fourth-order valence-electron chi connectivity index (χ4n) is 4.22. The average molecular weight is 222 g/mol. The molecule has 0 aliphatic heterocycles. The molecule has 5 unspecified atom stereocenters. The van der Waals surface area contributed by atoms with Gasteiger partial charge < -0.3 is 10.6 Å². The number of rotatable bonds is 4. The zero-order chi connectivity index (χ0) is 11.3. The monoisotopic (exact) mass is 222 g/mol. The summed E-state index contributed by atoms with van der Waals surface area (Å²) in [6.45, 7) is 2.78. The van der Waals surface area contributed by atoms with Crippen LogP contribution in [0.1, 0.15) is 26.2 Å². The van der Waals surface area contributed by atoms with Crippen LogP contribution in [0.15, 0.2) is 0 Å². The van der Waals surface area contributed by atoms with E-state index >= 15 is 0 Å². The minimum atomic E-state index is 0.101. The molecule has 3 heteroatoms. The van der Waals surface area contributed by atoms with Gasteiger partial charge in [0.25, 0.3) is 0 Å². The van der Waals surface area contributed by atoms with Gasteiger partial charge in [-0.1, -0.05) is 6.92 Å². The van der Waals surface area contributed by atoms with Crippen molar-refractivity contribution in [2.24, 2.45) is 29.6 Å². The maximum atomic E-state index is 11.9. The van der Waals surface area contributed by atoms with E-state index in [-0.39, 0.29) is 11.8 Å². The molecular weight excluding hydrogens is 200 g/mol. The molecule has 0 saturated heterocycles. The highest BCUT2D eigenvalue weighted by atomic mass is 16.2. The van der Waals surface area contributed by atoms with E-state index in [9.17, 15) is 4.79 Å². The Balaban J connectivity index is 1.53. The number of hydrogen-bond acceptors (Lipinski definition) is 2. The fourth-order valence-corrected chi connectivity index (χ4v) is 4.22. The molecule has 3 saturated carbocycles. The molecule has 0 spiro atoms. The zero-order valence-electron chi connectivity index (χ0n) is 10.2. The van der Waals surface area contributed by atoms with Crippen molar-refractivity contribution in [2.75, 3.05) is 13.6 Å². The minimum Gasteiger partial charge on any atom is -0.352 e. The second-order valence-electron chi connectivity index (χ2n) is 5.98. The molecule has 3 fully saturated rings. The Labute approximate surface area is 97.4 Å². The topological polar surface area (TPSA) is 41.1 Å². The molecule has 0 aromatic rings. The molecular formula is C13H22N2O. The summed E-state index contributed by atoms with van der Waals surface area (Å²) in [5, 5.41) is 6.32. The van der Waals surface area contributed by atoms with Crippen LogP contribution in [0.5, 0.6) is 0 Å². The lowest BCUT2D eigenvalue weighted by atomic mass is 10.0. The summed E-state index contributed by atoms with van der Waals surface area (Å²) in [7, 11) is 1.90. The molecule has 0 radical (unpaired) electrons. The van der Waals surface area contributed by atoms with Crippen LogP contribution in [0.4, 0.5) is 0 Å². The minimum absolute atomic E-state index is 0.101. The van der Waals surface area contributed by atoms with Gasteiger partial charge in [0, 0.05) is 18.5 Å². The van der Waals surface area contributed by atoms with Crippen LogP contribution in [-0.2, 0) is 4.79 Å². The third kappa shape index (κ3) is 1.48. The summed E-state index contributed by atoms with van der Waals surface area (Å²) in [6, 6.07) is 0.540. The molecule has 3 rings (SSSR count). The predicted molar refractivity (Wildman–Crippen MR) is 62.8 cm³/mol. The van der Waals surface area contributed by atoms with E-state index in [1.54, 1.807) is 0 Å². The molecule has 2 bridgehead atoms. The highest BCUT2D eigenvalue weighted by Gasteiger charge is 2.65. The van der Waals surface area contributed by atoms with E-state index in [4.69, 9.17) is 0 Å². The number of carbonyl (C=O) groups is 1. The second kappa shape index (κ2) is 3.73. The summed E-state index contributed by atoms with van der Waals surface area (Å²) in [4.78, 5) is 11.9. The van der Waals surface area contributed by atoms with Crippen molar-refractivity contribution < 1.29 is 4.79 Å². The average Bonchev–Trinajstić information content (AvgIpc) is 2.69. The fraction of sp³-hybridized carbons (Fsp3) is 0.923. The third-order valence-electron chi connectivity index (χ3n) is 5.00. The van der Waals surface area contributed by atoms with E-state index in [1.165, 1.54) is 19.3 Å². The van der Waals surface area contributed by atoms with Crippen LogP contribution in [0.25, 0.3) is 0 Å². The maximum absolute atomic E-state index is 11.9. The largest absolute Gasteiger partial charge is 0.352 e. The molecule has 3 aliphatic rings. The van der Waals surface area contributed by atoms with Crippen molar-refractivity contribution in [3.05, 3.63) is 0 Å². The molecule has 0 heterocycles. The molecule has 90 valence electrons. The van der Waals surface area contributed by atoms with E-state index < -0.39 is 0 Å². The van der Waals surface area contributed by atoms with Gasteiger partial charge in [0.15, 0.2) is 0 Å². The Kier molecular flexibility index (Phi) is 2.46. The normalized spacial score (nSPS) is 45.2. The Morgan fingerprint density at radius 3 is 2.50 bits per heavy atom. The summed E-state index contributed by atoms with van der Waals surface area (Å²) in [6.07, 6.45) is 4.29. The molecule has 3 aliphatic carbocycles. The van der Waals surface area contributed by atoms with Gasteiger partial charge in [0.1, 0.15) is 0 Å². The number of carbonyl (C=O) groups excluding carboxylic acids is 1. The molecule has 0 aromatic carbocycles. The van der Waals surface area contributed by atoms with E-state index in [1.807, 2.05) is 14.0 Å². The number of amides is 1. The van der Waals surface area contributed by atoms with Crippen molar-refractivity contribution in [3.8, 4) is 0 Å². The number of nitrogens with one attached hydrogen (secondary N) is 2. The highest BCUT2D eigenvalue weighted by molar-refractivity contribution is 5.79. The molecule has 16 heavy (non-hydrogen) atoms. The SMILES string of the molecule is CNCC(C)C(=O)NC1C2C3CCC(C3)C12. The van der Waals surface area contributed by atoms with Crippen LogP contribution in [0, 0.1) is 29.6 Å². The Hall–Kier alpha value is -0.570. The van der Waals surface area contributed by atoms with Gasteiger partial charge in [-0.25, -0.2) is 0 Å². The lowest BCUT2D eigenvalue weighted by Crippen LogP contribution is -2.37. The first-order valence-electron chi connectivity index (χ1n) is 6.67. The lowest BCUT2D eigenvalue weighted by molar-refractivity contribution is -0.124. The van der Waals surface area contributed by atoms with Crippen molar-refractivity contribution in [2.45, 2.75) is 32.2 Å². The molecule has 1 amide bonds. The van der Waals surface area contributed by atoms with Gasteiger partial charge in [-0.2, -0.15) is 0 Å². The van der Waals surface area contributed by atoms with E-state index in [0.29, 0.717) is 6.04 Å². The molecule has 3 nitrogen and oxygen atoms in total. The Bertz CT molecular complexity index is 288. The van der Waals surface area contributed by atoms with Gasteiger partial charge in [-0.05, 0) is 50.0 Å². The van der Waals surface area contributed by atoms with Crippen LogP contribution >= 0.6 is 0 Å². The van der Waals surface area contributed by atoms with Crippen molar-refractivity contribution in [1.29, 1.82) is 0 Å². The first-order valence-corrected chi connectivity index (χ1v) is 6.67. The zero-order valence-corrected chi connectivity index (χ0v) is 10.2. The second-order valence-corrected chi connectivity index (χ2v) is 5.98. The van der Waals surface area contributed by atoms with Crippen molar-refractivity contribution >= 4 is 5.91 Å². The van der Waals surface area contributed by atoms with Gasteiger partial charge in [0.05, 0.1) is 0 Å². The van der Waals surface area contributed by atoms with Crippen molar-refractivity contribution in [1.82, 2.24) is 10.6 Å². The standard InChI is InChI=1S/C13H22N2O/c1-7(6-14-2)13(16)15-12-10-8-3-4-9(5-8)11(10)12/h7-12,14H,3-6H2,1-2H3,(H,15,16). The summed E-state index contributed by atoms with van der Waals surface area (Å²) >= 11 is 0. The summed E-state index contributed by atoms with van der Waals surface area (Å²) in [5.74, 6) is 3.94. The number of fused-ring (bicyclic) bond motifs is 5. The molecule has 0 aromatic heterocycles. The van der Waals surface area contributed by atoms with E-state index in [2.05, 4.69) is 10.6 Å². The highest BCUT2D eigenvalue weighted by Crippen LogP contribution is 2.65. The first-order chi connectivity index (χ1) is 7.72. The first kappa shape index (κ1) is 10.6. The predicted octanol–water partition coefficient (Wildman–Crippen LogP) is 1.00. The van der Waals surface area contributed by atoms with Gasteiger partial charge >= 0.3 is 0 Å². The smallest absolute Gasteiger partial charge is 0.224 e. The van der Waals surface area contributed by atoms with Gasteiger partial charge in [-0.3, -0.25) is 4.79 Å². The summed E-state index contributed by atoms with van der Waals surface area (Å²) in [5.41, 5.74) is 0.